The third-order valence-electron chi connectivity index (χ3n) is 9.42. The molecule has 208 valence electrons. The molecule has 3 aliphatic carbocycles. The first-order valence-corrected chi connectivity index (χ1v) is 14.0. The molecule has 0 radical (unpaired) electrons. The molecule has 0 unspecified atom stereocenters. The van der Waals surface area contributed by atoms with E-state index < -0.39 is 11.6 Å². The second-order valence-corrected chi connectivity index (χ2v) is 11.5. The molecule has 40 heavy (non-hydrogen) atoms. The molecule has 6 rings (SSSR count). The van der Waals surface area contributed by atoms with E-state index in [0.29, 0.717) is 29.3 Å². The van der Waals surface area contributed by atoms with Crippen LogP contribution in [-0.4, -0.2) is 24.1 Å². The molecular weight excluding hydrogens is 510 g/mol. The van der Waals surface area contributed by atoms with Gasteiger partial charge in [-0.15, -0.1) is 0 Å². The number of hydrogen-bond donors (Lipinski definition) is 1. The summed E-state index contributed by atoms with van der Waals surface area (Å²) in [6.45, 7) is 2.44. The topological polar surface area (TPSA) is 63.4 Å². The molecule has 3 aliphatic rings. The third kappa shape index (κ3) is 4.87. The van der Waals surface area contributed by atoms with Crippen LogP contribution >= 0.6 is 0 Å². The fourth-order valence-electron chi connectivity index (χ4n) is 7.43. The van der Waals surface area contributed by atoms with Crippen LogP contribution in [0.3, 0.4) is 0 Å². The summed E-state index contributed by atoms with van der Waals surface area (Å²) in [5.74, 6) is 1.36. The van der Waals surface area contributed by atoms with Crippen molar-refractivity contribution in [2.45, 2.75) is 58.0 Å². The van der Waals surface area contributed by atoms with Gasteiger partial charge < -0.3 is 14.6 Å². The predicted molar refractivity (Wildman–Crippen MR) is 151 cm³/mol. The first kappa shape index (κ1) is 26.5. The van der Waals surface area contributed by atoms with E-state index in [1.54, 1.807) is 13.3 Å². The van der Waals surface area contributed by atoms with E-state index in [9.17, 15) is 13.9 Å². The smallest absolute Gasteiger partial charge is 0.167 e. The minimum absolute atomic E-state index is 0.0210. The van der Waals surface area contributed by atoms with Crippen LogP contribution in [0.15, 0.2) is 64.8 Å². The molecule has 0 bridgehead atoms. The van der Waals surface area contributed by atoms with E-state index >= 15 is 0 Å². The fourth-order valence-corrected chi connectivity index (χ4v) is 7.43. The zero-order chi connectivity index (χ0) is 27.9. The Morgan fingerprint density at radius 3 is 2.67 bits per heavy atom. The number of rotatable bonds is 6. The van der Waals surface area contributed by atoms with Crippen molar-refractivity contribution in [3.8, 4) is 17.2 Å². The SMILES string of the molecule is COc1ccc(C=NN=C2CC[C@@H]3[C@@H]4CCc5cc(O)ccc5[C@H]4CC[C@]23C)cc1COc1ccc(F)cc1F. The van der Waals surface area contributed by atoms with Crippen molar-refractivity contribution in [2.75, 3.05) is 7.11 Å². The van der Waals surface area contributed by atoms with Gasteiger partial charge in [-0.05, 0) is 115 Å². The Hall–Kier alpha value is -3.74. The lowest BCUT2D eigenvalue weighted by atomic mass is 9.55. The Morgan fingerprint density at radius 1 is 1.00 bits per heavy atom. The standard InChI is InChI=1S/C33H34F2N2O3/c1-33-14-13-26-25-8-6-24(38)16-21(25)4-7-27(26)28(33)9-12-32(33)37-36-18-20-3-10-30(39-2)22(15-20)19-40-31-11-5-23(34)17-29(31)35/h3,5-6,8,10-11,15-18,26-28,38H,4,7,9,12-14,19H2,1-2H3/t26-,27-,28-,33+/m1/s1. The van der Waals surface area contributed by atoms with Gasteiger partial charge in [-0.1, -0.05) is 13.0 Å². The minimum atomic E-state index is -0.748. The number of methoxy groups -OCH3 is 1. The summed E-state index contributed by atoms with van der Waals surface area (Å²) >= 11 is 0. The number of fused-ring (bicyclic) bond motifs is 5. The maximum Gasteiger partial charge on any atom is 0.167 e. The van der Waals surface area contributed by atoms with E-state index in [1.165, 1.54) is 22.9 Å². The van der Waals surface area contributed by atoms with Crippen LogP contribution in [-0.2, 0) is 13.0 Å². The lowest BCUT2D eigenvalue weighted by Gasteiger charge is -2.49. The number of nitrogens with zero attached hydrogens (tertiary/aromatic N) is 2. The molecule has 3 aromatic rings. The molecule has 3 aromatic carbocycles. The van der Waals surface area contributed by atoms with Crippen LogP contribution < -0.4 is 9.47 Å². The molecule has 2 fully saturated rings. The van der Waals surface area contributed by atoms with Crippen LogP contribution in [0.1, 0.15) is 67.2 Å². The average Bonchev–Trinajstić information content (AvgIpc) is 3.28. The first-order valence-electron chi connectivity index (χ1n) is 14.0. The molecule has 0 heterocycles. The van der Waals surface area contributed by atoms with Crippen LogP contribution in [0.2, 0.25) is 0 Å². The lowest BCUT2D eigenvalue weighted by Crippen LogP contribution is -2.42. The molecule has 5 nitrogen and oxygen atoms in total. The van der Waals surface area contributed by atoms with Crippen LogP contribution in [0.25, 0.3) is 0 Å². The molecule has 7 heteroatoms. The Bertz CT molecular complexity index is 1490. The van der Waals surface area contributed by atoms with Gasteiger partial charge in [-0.2, -0.15) is 10.2 Å². The molecular formula is C33H34F2N2O3. The number of halogens is 2. The van der Waals surface area contributed by atoms with Crippen LogP contribution in [0.4, 0.5) is 8.78 Å². The molecule has 4 atom stereocenters. The van der Waals surface area contributed by atoms with Crippen molar-refractivity contribution in [1.29, 1.82) is 0 Å². The average molecular weight is 545 g/mol. The van der Waals surface area contributed by atoms with Gasteiger partial charge in [0, 0.05) is 22.8 Å². The van der Waals surface area contributed by atoms with Crippen molar-refractivity contribution in [2.24, 2.45) is 27.5 Å². The minimum Gasteiger partial charge on any atom is -0.508 e. The van der Waals surface area contributed by atoms with Gasteiger partial charge in [0.25, 0.3) is 0 Å². The highest BCUT2D eigenvalue weighted by Gasteiger charge is 2.53. The summed E-state index contributed by atoms with van der Waals surface area (Å²) in [4.78, 5) is 0. The van der Waals surface area contributed by atoms with E-state index in [-0.39, 0.29) is 17.8 Å². The maximum atomic E-state index is 14.0. The number of aromatic hydroxyl groups is 1. The van der Waals surface area contributed by atoms with Crippen molar-refractivity contribution < 1.29 is 23.4 Å². The summed E-state index contributed by atoms with van der Waals surface area (Å²) in [6.07, 6.45) is 8.26. The summed E-state index contributed by atoms with van der Waals surface area (Å²) in [6, 6.07) is 14.8. The summed E-state index contributed by atoms with van der Waals surface area (Å²) in [5, 5.41) is 19.2. The van der Waals surface area contributed by atoms with Crippen molar-refractivity contribution >= 4 is 11.9 Å². The van der Waals surface area contributed by atoms with Gasteiger partial charge in [0.2, 0.25) is 0 Å². The van der Waals surface area contributed by atoms with E-state index in [1.807, 2.05) is 30.3 Å². The first-order chi connectivity index (χ1) is 19.4. The highest BCUT2D eigenvalue weighted by atomic mass is 19.1. The zero-order valence-corrected chi connectivity index (χ0v) is 22.9. The molecule has 1 N–H and O–H groups in total. The van der Waals surface area contributed by atoms with Crippen LogP contribution in [0, 0.1) is 28.9 Å². The number of ether oxygens (including phenoxy) is 2. The van der Waals surface area contributed by atoms with Gasteiger partial charge >= 0.3 is 0 Å². The second kappa shape index (κ2) is 10.7. The zero-order valence-electron chi connectivity index (χ0n) is 22.9. The van der Waals surface area contributed by atoms with Gasteiger partial charge in [-0.3, -0.25) is 0 Å². The number of phenols is 1. The Labute approximate surface area is 233 Å². The number of hydrogen-bond acceptors (Lipinski definition) is 5. The third-order valence-corrected chi connectivity index (χ3v) is 9.42. The summed E-state index contributed by atoms with van der Waals surface area (Å²) in [7, 11) is 1.57. The number of aryl methyl sites for hydroxylation is 1. The molecule has 2 saturated carbocycles. The van der Waals surface area contributed by atoms with E-state index in [0.717, 1.165) is 61.8 Å². The predicted octanol–water partition coefficient (Wildman–Crippen LogP) is 7.59. The largest absolute Gasteiger partial charge is 0.508 e. The Morgan fingerprint density at radius 2 is 1.85 bits per heavy atom. The van der Waals surface area contributed by atoms with Gasteiger partial charge in [0.1, 0.15) is 23.9 Å². The molecule has 0 spiro atoms. The molecule has 0 aliphatic heterocycles. The second-order valence-electron chi connectivity index (χ2n) is 11.5. The van der Waals surface area contributed by atoms with Crippen molar-refractivity contribution in [3.63, 3.8) is 0 Å². The van der Waals surface area contributed by atoms with Crippen LogP contribution in [0.5, 0.6) is 17.2 Å². The molecule has 0 saturated heterocycles. The monoisotopic (exact) mass is 544 g/mol. The Balaban J connectivity index is 1.17. The number of phenolic OH excluding ortho intramolecular Hbond substituents is 1. The number of benzene rings is 3. The normalized spacial score (nSPS) is 26.4. The molecule has 0 amide bonds. The fraction of sp³-hybridized carbons (Fsp3) is 0.394. The van der Waals surface area contributed by atoms with Crippen molar-refractivity contribution in [1.82, 2.24) is 0 Å². The van der Waals surface area contributed by atoms with Gasteiger partial charge in [-0.25, -0.2) is 8.78 Å². The maximum absolute atomic E-state index is 14.0. The van der Waals surface area contributed by atoms with E-state index in [4.69, 9.17) is 14.6 Å². The van der Waals surface area contributed by atoms with Gasteiger partial charge in [0.05, 0.1) is 13.3 Å². The molecule has 0 aromatic heterocycles. The Kier molecular flexibility index (Phi) is 7.07. The highest BCUT2D eigenvalue weighted by Crippen LogP contribution is 2.60. The lowest BCUT2D eigenvalue weighted by molar-refractivity contribution is 0.0955. The van der Waals surface area contributed by atoms with Gasteiger partial charge in [0.15, 0.2) is 11.6 Å². The highest BCUT2D eigenvalue weighted by molar-refractivity contribution is 5.93. The van der Waals surface area contributed by atoms with E-state index in [2.05, 4.69) is 18.1 Å². The summed E-state index contributed by atoms with van der Waals surface area (Å²) < 4.78 is 38.3. The quantitative estimate of drug-likeness (QED) is 0.257. The summed E-state index contributed by atoms with van der Waals surface area (Å²) in [5.41, 5.74) is 5.55. The van der Waals surface area contributed by atoms with Crippen molar-refractivity contribution in [3.05, 3.63) is 88.5 Å².